The minimum absolute atomic E-state index is 0.738. The molecule has 3 nitrogen and oxygen atoms in total. The fraction of sp³-hybridized carbons (Fsp3) is 1.00. The quantitative estimate of drug-likeness (QED) is 0.808. The van der Waals surface area contributed by atoms with Gasteiger partial charge in [-0.05, 0) is 59.3 Å². The normalized spacial score (nSPS) is 34.3. The third-order valence-electron chi connectivity index (χ3n) is 4.83. The lowest BCUT2D eigenvalue weighted by Crippen LogP contribution is -2.53. The van der Waals surface area contributed by atoms with E-state index in [1.165, 1.54) is 58.2 Å². The van der Waals surface area contributed by atoms with E-state index in [2.05, 4.69) is 36.1 Å². The molecule has 1 saturated heterocycles. The molecule has 2 fully saturated rings. The highest BCUT2D eigenvalue weighted by Gasteiger charge is 2.34. The largest absolute Gasteiger partial charge is 0.312 e. The predicted octanol–water partition coefficient (Wildman–Crippen LogP) is 1.93. The smallest absolute Gasteiger partial charge is 0.0249 e. The van der Waals surface area contributed by atoms with Crippen LogP contribution in [0.2, 0.25) is 0 Å². The molecular weight excluding hydrogens is 222 g/mol. The molecule has 1 saturated carbocycles. The van der Waals surface area contributed by atoms with Crippen LogP contribution in [-0.4, -0.2) is 61.7 Å². The summed E-state index contributed by atoms with van der Waals surface area (Å²) in [6.45, 7) is 5.98. The fourth-order valence-corrected chi connectivity index (χ4v) is 3.74. The fourth-order valence-electron chi connectivity index (χ4n) is 3.74. The Labute approximate surface area is 113 Å². The molecule has 2 rings (SSSR count). The molecule has 3 heteroatoms. The van der Waals surface area contributed by atoms with Crippen LogP contribution >= 0.6 is 0 Å². The van der Waals surface area contributed by atoms with Crippen LogP contribution in [0.3, 0.4) is 0 Å². The Kier molecular flexibility index (Phi) is 5.46. The van der Waals surface area contributed by atoms with Gasteiger partial charge < -0.3 is 10.2 Å². The Hall–Kier alpha value is -0.120. The van der Waals surface area contributed by atoms with Gasteiger partial charge in [0, 0.05) is 24.7 Å². The number of nitrogens with one attached hydrogen (secondary N) is 1. The Morgan fingerprint density at radius 2 is 2.06 bits per heavy atom. The average Bonchev–Trinajstić information content (AvgIpc) is 2.83. The molecule has 0 radical (unpaired) electrons. The van der Waals surface area contributed by atoms with Crippen LogP contribution in [0.1, 0.15) is 45.4 Å². The van der Waals surface area contributed by atoms with Crippen molar-refractivity contribution >= 4 is 0 Å². The van der Waals surface area contributed by atoms with Crippen LogP contribution in [0.15, 0.2) is 0 Å². The molecule has 0 amide bonds. The first-order chi connectivity index (χ1) is 8.72. The lowest BCUT2D eigenvalue weighted by Gasteiger charge is -2.41. The maximum Gasteiger partial charge on any atom is 0.0249 e. The number of rotatable bonds is 5. The molecule has 1 heterocycles. The number of nitrogens with zero attached hydrogens (tertiary/aromatic N) is 2. The van der Waals surface area contributed by atoms with Gasteiger partial charge in [-0.15, -0.1) is 0 Å². The van der Waals surface area contributed by atoms with Crippen molar-refractivity contribution in [3.8, 4) is 0 Å². The van der Waals surface area contributed by atoms with Crippen molar-refractivity contribution in [2.24, 2.45) is 0 Å². The van der Waals surface area contributed by atoms with Gasteiger partial charge in [0.05, 0.1) is 0 Å². The third kappa shape index (κ3) is 3.46. The topological polar surface area (TPSA) is 18.5 Å². The van der Waals surface area contributed by atoms with E-state index < -0.39 is 0 Å². The SMILES string of the molecule is CCCNC1CCCC1N(C)C1CCCN(C)C1. The molecule has 0 aromatic heterocycles. The van der Waals surface area contributed by atoms with Gasteiger partial charge in [0.15, 0.2) is 0 Å². The molecule has 0 spiro atoms. The minimum Gasteiger partial charge on any atom is -0.312 e. The van der Waals surface area contributed by atoms with Crippen LogP contribution < -0.4 is 5.32 Å². The Morgan fingerprint density at radius 3 is 2.78 bits per heavy atom. The van der Waals surface area contributed by atoms with Crippen molar-refractivity contribution in [1.82, 2.24) is 15.1 Å². The molecule has 106 valence electrons. The molecule has 1 aliphatic heterocycles. The minimum atomic E-state index is 0.738. The Balaban J connectivity index is 1.88. The van der Waals surface area contributed by atoms with Gasteiger partial charge in [-0.2, -0.15) is 0 Å². The highest BCUT2D eigenvalue weighted by Crippen LogP contribution is 2.27. The third-order valence-corrected chi connectivity index (χ3v) is 4.83. The van der Waals surface area contributed by atoms with Crippen molar-refractivity contribution < 1.29 is 0 Å². The van der Waals surface area contributed by atoms with E-state index in [-0.39, 0.29) is 0 Å². The van der Waals surface area contributed by atoms with Gasteiger partial charge in [-0.25, -0.2) is 0 Å². The number of hydrogen-bond donors (Lipinski definition) is 1. The molecule has 2 aliphatic rings. The van der Waals surface area contributed by atoms with Crippen LogP contribution in [0.4, 0.5) is 0 Å². The first-order valence-electron chi connectivity index (χ1n) is 7.86. The molecule has 1 N–H and O–H groups in total. The maximum absolute atomic E-state index is 3.76. The van der Waals surface area contributed by atoms with Crippen LogP contribution in [0.5, 0.6) is 0 Å². The van der Waals surface area contributed by atoms with Gasteiger partial charge >= 0.3 is 0 Å². The summed E-state index contributed by atoms with van der Waals surface area (Å²) in [6.07, 6.45) is 8.16. The first-order valence-corrected chi connectivity index (χ1v) is 7.86. The standard InChI is InChI=1S/C15H31N3/c1-4-10-16-14-8-5-9-15(14)18(3)13-7-6-11-17(2)12-13/h13-16H,4-12H2,1-3H3. The van der Waals surface area contributed by atoms with Gasteiger partial charge in [0.1, 0.15) is 0 Å². The zero-order chi connectivity index (χ0) is 13.0. The highest BCUT2D eigenvalue weighted by atomic mass is 15.2. The summed E-state index contributed by atoms with van der Waals surface area (Å²) in [7, 11) is 4.63. The lowest BCUT2D eigenvalue weighted by atomic mass is 10.0. The van der Waals surface area contributed by atoms with E-state index in [4.69, 9.17) is 0 Å². The van der Waals surface area contributed by atoms with Crippen molar-refractivity contribution in [3.63, 3.8) is 0 Å². The molecule has 18 heavy (non-hydrogen) atoms. The number of hydrogen-bond acceptors (Lipinski definition) is 3. The second-order valence-electron chi connectivity index (χ2n) is 6.28. The van der Waals surface area contributed by atoms with Gasteiger partial charge in [-0.1, -0.05) is 13.3 Å². The number of likely N-dealkylation sites (N-methyl/N-ethyl adjacent to an activating group) is 2. The Morgan fingerprint density at radius 1 is 1.22 bits per heavy atom. The average molecular weight is 253 g/mol. The van der Waals surface area contributed by atoms with Gasteiger partial charge in [0.2, 0.25) is 0 Å². The Bertz CT molecular complexity index is 244. The van der Waals surface area contributed by atoms with E-state index in [1.807, 2.05) is 0 Å². The van der Waals surface area contributed by atoms with Crippen molar-refractivity contribution in [3.05, 3.63) is 0 Å². The number of piperidine rings is 1. The molecule has 0 bridgehead atoms. The van der Waals surface area contributed by atoms with Crippen LogP contribution in [0, 0.1) is 0 Å². The zero-order valence-electron chi connectivity index (χ0n) is 12.5. The monoisotopic (exact) mass is 253 g/mol. The molecule has 3 unspecified atom stereocenters. The van der Waals surface area contributed by atoms with E-state index in [0.717, 1.165) is 18.1 Å². The predicted molar refractivity (Wildman–Crippen MR) is 78.0 cm³/mol. The lowest BCUT2D eigenvalue weighted by molar-refractivity contribution is 0.0892. The first kappa shape index (κ1) is 14.3. The highest BCUT2D eigenvalue weighted by molar-refractivity contribution is 4.92. The molecule has 3 atom stereocenters. The second-order valence-corrected chi connectivity index (χ2v) is 6.28. The van der Waals surface area contributed by atoms with Crippen LogP contribution in [0.25, 0.3) is 0 Å². The van der Waals surface area contributed by atoms with Crippen molar-refractivity contribution in [2.45, 2.75) is 63.6 Å². The van der Waals surface area contributed by atoms with Gasteiger partial charge in [-0.3, -0.25) is 4.90 Å². The van der Waals surface area contributed by atoms with Crippen molar-refractivity contribution in [1.29, 1.82) is 0 Å². The second kappa shape index (κ2) is 6.88. The zero-order valence-corrected chi connectivity index (χ0v) is 12.5. The van der Waals surface area contributed by atoms with Crippen molar-refractivity contribution in [2.75, 3.05) is 33.7 Å². The summed E-state index contributed by atoms with van der Waals surface area (Å²) in [5, 5.41) is 3.76. The summed E-state index contributed by atoms with van der Waals surface area (Å²) in [5.74, 6) is 0. The summed E-state index contributed by atoms with van der Waals surface area (Å²) in [5.41, 5.74) is 0. The van der Waals surface area contributed by atoms with E-state index in [1.54, 1.807) is 0 Å². The van der Waals surface area contributed by atoms with Crippen LogP contribution in [-0.2, 0) is 0 Å². The van der Waals surface area contributed by atoms with E-state index >= 15 is 0 Å². The summed E-state index contributed by atoms with van der Waals surface area (Å²) < 4.78 is 0. The summed E-state index contributed by atoms with van der Waals surface area (Å²) in [6, 6.07) is 2.29. The molecular formula is C15H31N3. The molecule has 0 aromatic rings. The van der Waals surface area contributed by atoms with E-state index in [0.29, 0.717) is 0 Å². The van der Waals surface area contributed by atoms with E-state index in [9.17, 15) is 0 Å². The van der Waals surface area contributed by atoms with Gasteiger partial charge in [0.25, 0.3) is 0 Å². The molecule has 0 aromatic carbocycles. The summed E-state index contributed by atoms with van der Waals surface area (Å²) in [4.78, 5) is 5.18. The number of likely N-dealkylation sites (tertiary alicyclic amines) is 1. The molecule has 1 aliphatic carbocycles. The summed E-state index contributed by atoms with van der Waals surface area (Å²) >= 11 is 0. The maximum atomic E-state index is 3.76.